The van der Waals surface area contributed by atoms with E-state index in [1.807, 2.05) is 0 Å². The van der Waals surface area contributed by atoms with Gasteiger partial charge in [-0.2, -0.15) is 0 Å². The first-order valence-electron chi connectivity index (χ1n) is 3.64. The van der Waals surface area contributed by atoms with Crippen molar-refractivity contribution in [1.82, 2.24) is 5.32 Å². The molecule has 2 nitrogen and oxygen atoms in total. The predicted molar refractivity (Wildman–Crippen MR) is 38.7 cm³/mol. The first-order chi connectivity index (χ1) is 4.33. The average molecular weight is 126 g/mol. The molecule has 0 radical (unpaired) electrons. The lowest BCUT2D eigenvalue weighted by Gasteiger charge is -2.22. The summed E-state index contributed by atoms with van der Waals surface area (Å²) in [6, 6.07) is 0. The first kappa shape index (κ1) is 6.59. The van der Waals surface area contributed by atoms with Crippen LogP contribution >= 0.6 is 0 Å². The second-order valence-corrected chi connectivity index (χ2v) is 2.67. The van der Waals surface area contributed by atoms with E-state index in [1.165, 1.54) is 12.8 Å². The fraction of sp³-hybridized carbons (Fsp3) is 0.857. The molecule has 1 heterocycles. The number of hydrogen-bond acceptors (Lipinski definition) is 1. The minimum Gasteiger partial charge on any atom is -0.374 e. The van der Waals surface area contributed by atoms with Crippen LogP contribution in [-0.4, -0.2) is 12.4 Å². The van der Waals surface area contributed by atoms with Crippen LogP contribution < -0.4 is 5.32 Å². The quantitative estimate of drug-likeness (QED) is 0.547. The fourth-order valence-electron chi connectivity index (χ4n) is 1.15. The molecule has 0 amide bonds. The van der Waals surface area contributed by atoms with Crippen LogP contribution in [0.3, 0.4) is 0 Å². The van der Waals surface area contributed by atoms with Gasteiger partial charge in [0, 0.05) is 13.0 Å². The molecular weight excluding hydrogens is 112 g/mol. The summed E-state index contributed by atoms with van der Waals surface area (Å²) in [4.78, 5) is 0. The van der Waals surface area contributed by atoms with Gasteiger partial charge in [-0.25, -0.2) is 0 Å². The number of hydrogen-bond donors (Lipinski definition) is 2. The molecule has 0 aromatic carbocycles. The molecule has 0 aliphatic carbocycles. The van der Waals surface area contributed by atoms with E-state index in [-0.39, 0.29) is 0 Å². The van der Waals surface area contributed by atoms with Gasteiger partial charge in [0.2, 0.25) is 0 Å². The average Bonchev–Trinajstić information content (AvgIpc) is 1.90. The zero-order valence-electron chi connectivity index (χ0n) is 5.91. The molecule has 1 unspecified atom stereocenters. The standard InChI is InChI=1S/C7H14N2/c1-2-6-3-4-7(8)9-5-6/h6H,2-5H2,1H3,(H2,8,9). The number of nitrogens with one attached hydrogen (secondary N) is 2. The zero-order chi connectivity index (χ0) is 6.69. The second kappa shape index (κ2) is 2.85. The van der Waals surface area contributed by atoms with Gasteiger partial charge in [-0.05, 0) is 12.3 Å². The van der Waals surface area contributed by atoms with Crippen molar-refractivity contribution < 1.29 is 0 Å². The van der Waals surface area contributed by atoms with Gasteiger partial charge in [-0.1, -0.05) is 13.3 Å². The molecular formula is C7H14N2. The van der Waals surface area contributed by atoms with E-state index < -0.39 is 0 Å². The highest BCUT2D eigenvalue weighted by atomic mass is 14.9. The van der Waals surface area contributed by atoms with Crippen molar-refractivity contribution in [2.45, 2.75) is 26.2 Å². The highest BCUT2D eigenvalue weighted by Crippen LogP contribution is 2.13. The van der Waals surface area contributed by atoms with Crippen molar-refractivity contribution in [3.05, 3.63) is 0 Å². The lowest BCUT2D eigenvalue weighted by Crippen LogP contribution is -2.33. The summed E-state index contributed by atoms with van der Waals surface area (Å²) in [6.07, 6.45) is 3.42. The lowest BCUT2D eigenvalue weighted by atomic mass is 9.97. The third kappa shape index (κ3) is 1.70. The summed E-state index contributed by atoms with van der Waals surface area (Å²) < 4.78 is 0. The number of rotatable bonds is 1. The van der Waals surface area contributed by atoms with Crippen LogP contribution in [0.15, 0.2) is 0 Å². The SMILES string of the molecule is CCC1CCC(=N)NC1. The van der Waals surface area contributed by atoms with Gasteiger partial charge in [0.15, 0.2) is 0 Å². The molecule has 1 saturated heterocycles. The van der Waals surface area contributed by atoms with Crippen LogP contribution in [0.25, 0.3) is 0 Å². The Morgan fingerprint density at radius 3 is 3.00 bits per heavy atom. The molecule has 0 aromatic heterocycles. The van der Waals surface area contributed by atoms with Gasteiger partial charge in [-0.3, -0.25) is 5.41 Å². The molecule has 9 heavy (non-hydrogen) atoms. The van der Waals surface area contributed by atoms with E-state index in [2.05, 4.69) is 12.2 Å². The minimum atomic E-state index is 0.722. The normalized spacial score (nSPS) is 27.7. The number of amidine groups is 1. The fourth-order valence-corrected chi connectivity index (χ4v) is 1.15. The Labute approximate surface area is 56.2 Å². The molecule has 2 heteroatoms. The maximum absolute atomic E-state index is 7.24. The van der Waals surface area contributed by atoms with Gasteiger partial charge < -0.3 is 5.32 Å². The Hall–Kier alpha value is -0.530. The first-order valence-corrected chi connectivity index (χ1v) is 3.64. The van der Waals surface area contributed by atoms with E-state index in [9.17, 15) is 0 Å². The zero-order valence-corrected chi connectivity index (χ0v) is 5.91. The third-order valence-corrected chi connectivity index (χ3v) is 1.98. The van der Waals surface area contributed by atoms with E-state index in [0.717, 1.165) is 24.7 Å². The predicted octanol–water partition coefficient (Wildman–Crippen LogP) is 1.37. The van der Waals surface area contributed by atoms with Crippen molar-refractivity contribution in [2.24, 2.45) is 5.92 Å². The summed E-state index contributed by atoms with van der Waals surface area (Å²) in [7, 11) is 0. The maximum Gasteiger partial charge on any atom is 0.0931 e. The Kier molecular flexibility index (Phi) is 2.09. The van der Waals surface area contributed by atoms with Crippen LogP contribution in [0.1, 0.15) is 26.2 Å². The summed E-state index contributed by atoms with van der Waals surface area (Å²) in [5.41, 5.74) is 0. The van der Waals surface area contributed by atoms with Crippen molar-refractivity contribution in [2.75, 3.05) is 6.54 Å². The highest BCUT2D eigenvalue weighted by molar-refractivity contribution is 5.79. The highest BCUT2D eigenvalue weighted by Gasteiger charge is 2.12. The minimum absolute atomic E-state index is 0.722. The van der Waals surface area contributed by atoms with Crippen LogP contribution in [0, 0.1) is 11.3 Å². The van der Waals surface area contributed by atoms with Gasteiger partial charge in [0.25, 0.3) is 0 Å². The van der Waals surface area contributed by atoms with Gasteiger partial charge in [0.1, 0.15) is 0 Å². The molecule has 2 N–H and O–H groups in total. The van der Waals surface area contributed by atoms with E-state index in [0.29, 0.717) is 0 Å². The van der Waals surface area contributed by atoms with Gasteiger partial charge in [-0.15, -0.1) is 0 Å². The summed E-state index contributed by atoms with van der Waals surface area (Å²) in [6.45, 7) is 3.23. The van der Waals surface area contributed by atoms with E-state index in [4.69, 9.17) is 5.41 Å². The molecule has 1 aliphatic heterocycles. The van der Waals surface area contributed by atoms with E-state index >= 15 is 0 Å². The molecule has 0 saturated carbocycles. The third-order valence-electron chi connectivity index (χ3n) is 1.98. The van der Waals surface area contributed by atoms with Gasteiger partial charge in [0.05, 0.1) is 5.84 Å². The maximum atomic E-state index is 7.24. The molecule has 1 fully saturated rings. The van der Waals surface area contributed by atoms with Crippen LogP contribution in [-0.2, 0) is 0 Å². The van der Waals surface area contributed by atoms with Crippen molar-refractivity contribution in [1.29, 1.82) is 5.41 Å². The summed E-state index contributed by atoms with van der Waals surface area (Å²) >= 11 is 0. The molecule has 0 aromatic rings. The Balaban J connectivity index is 2.26. The number of piperidine rings is 1. The van der Waals surface area contributed by atoms with Crippen molar-refractivity contribution in [3.8, 4) is 0 Å². The second-order valence-electron chi connectivity index (χ2n) is 2.67. The topological polar surface area (TPSA) is 35.9 Å². The van der Waals surface area contributed by atoms with E-state index in [1.54, 1.807) is 0 Å². The lowest BCUT2D eigenvalue weighted by molar-refractivity contribution is 0.442. The van der Waals surface area contributed by atoms with Crippen molar-refractivity contribution >= 4 is 5.84 Å². The molecule has 52 valence electrons. The smallest absolute Gasteiger partial charge is 0.0931 e. The molecule has 1 atom stereocenters. The molecule has 0 bridgehead atoms. The summed E-state index contributed by atoms with van der Waals surface area (Å²) in [5, 5.41) is 10.3. The van der Waals surface area contributed by atoms with Gasteiger partial charge >= 0.3 is 0 Å². The molecule has 1 aliphatic rings. The largest absolute Gasteiger partial charge is 0.374 e. The Morgan fingerprint density at radius 2 is 2.56 bits per heavy atom. The molecule has 1 rings (SSSR count). The van der Waals surface area contributed by atoms with Crippen molar-refractivity contribution in [3.63, 3.8) is 0 Å². The summed E-state index contributed by atoms with van der Waals surface area (Å²) in [5.74, 6) is 1.54. The van der Waals surface area contributed by atoms with Crippen LogP contribution in [0.5, 0.6) is 0 Å². The monoisotopic (exact) mass is 126 g/mol. The Morgan fingerprint density at radius 1 is 1.78 bits per heavy atom. The van der Waals surface area contributed by atoms with Crippen LogP contribution in [0.4, 0.5) is 0 Å². The molecule has 0 spiro atoms. The van der Waals surface area contributed by atoms with Crippen LogP contribution in [0.2, 0.25) is 0 Å². The Bertz CT molecular complexity index is 99.5.